The predicted octanol–water partition coefficient (Wildman–Crippen LogP) is 1.31. The van der Waals surface area contributed by atoms with Gasteiger partial charge in [0, 0.05) is 0 Å². The highest BCUT2D eigenvalue weighted by Crippen LogP contribution is 2.20. The van der Waals surface area contributed by atoms with Crippen LogP contribution in [0.1, 0.15) is 27.2 Å². The highest BCUT2D eigenvalue weighted by atomic mass is 16.3. The van der Waals surface area contributed by atoms with E-state index in [0.717, 1.165) is 0 Å². The van der Waals surface area contributed by atoms with Crippen molar-refractivity contribution >= 4 is 0 Å². The highest BCUT2D eigenvalue weighted by Gasteiger charge is 2.25. The molecule has 0 fully saturated rings. The molecule has 1 N–H and O–H groups in total. The van der Waals surface area contributed by atoms with Gasteiger partial charge in [0.1, 0.15) is 0 Å². The second-order valence-electron chi connectivity index (χ2n) is 2.76. The normalized spacial score (nSPS) is 14.6. The van der Waals surface area contributed by atoms with E-state index in [1.807, 2.05) is 13.0 Å². The fourth-order valence-corrected chi connectivity index (χ4v) is 0.585. The molecule has 0 saturated heterocycles. The van der Waals surface area contributed by atoms with Gasteiger partial charge in [-0.2, -0.15) is 5.26 Å². The van der Waals surface area contributed by atoms with Crippen LogP contribution >= 0.6 is 0 Å². The second-order valence-corrected chi connectivity index (χ2v) is 2.76. The minimum Gasteiger partial charge on any atom is -0.392 e. The van der Waals surface area contributed by atoms with Gasteiger partial charge in [0.25, 0.3) is 0 Å². The predicted molar refractivity (Wildman–Crippen MR) is 35.7 cm³/mol. The smallest absolute Gasteiger partial charge is 0.0776 e. The van der Waals surface area contributed by atoms with Crippen molar-refractivity contribution < 1.29 is 5.11 Å². The van der Waals surface area contributed by atoms with Crippen LogP contribution in [0.3, 0.4) is 0 Å². The fraction of sp³-hybridized carbons (Fsp3) is 0.857. The van der Waals surface area contributed by atoms with Gasteiger partial charge in [0.15, 0.2) is 0 Å². The Morgan fingerprint density at radius 3 is 2.22 bits per heavy atom. The van der Waals surface area contributed by atoms with E-state index in [9.17, 15) is 0 Å². The summed E-state index contributed by atoms with van der Waals surface area (Å²) < 4.78 is 0. The van der Waals surface area contributed by atoms with Crippen molar-refractivity contribution in [2.24, 2.45) is 5.41 Å². The monoisotopic (exact) mass is 127 g/mol. The summed E-state index contributed by atoms with van der Waals surface area (Å²) in [4.78, 5) is 0. The SMILES string of the molecule is CCC(O)C(C)(C)C#N. The van der Waals surface area contributed by atoms with Crippen molar-refractivity contribution in [3.05, 3.63) is 0 Å². The Bertz CT molecular complexity index is 123. The van der Waals surface area contributed by atoms with Gasteiger partial charge in [-0.1, -0.05) is 6.92 Å². The summed E-state index contributed by atoms with van der Waals surface area (Å²) in [7, 11) is 0. The standard InChI is InChI=1S/C7H13NO/c1-4-6(9)7(2,3)5-8/h6,9H,4H2,1-3H3. The topological polar surface area (TPSA) is 44.0 Å². The molecule has 0 aromatic rings. The van der Waals surface area contributed by atoms with Crippen molar-refractivity contribution in [2.75, 3.05) is 0 Å². The molecule has 0 bridgehead atoms. The average Bonchev–Trinajstić information content (AvgIpc) is 1.86. The molecule has 0 aliphatic carbocycles. The maximum atomic E-state index is 9.16. The van der Waals surface area contributed by atoms with Crippen molar-refractivity contribution in [1.29, 1.82) is 5.26 Å². The largest absolute Gasteiger partial charge is 0.392 e. The highest BCUT2D eigenvalue weighted by molar-refractivity contribution is 4.96. The summed E-state index contributed by atoms with van der Waals surface area (Å²) in [6.07, 6.45) is 0.142. The molecule has 9 heavy (non-hydrogen) atoms. The zero-order valence-electron chi connectivity index (χ0n) is 6.18. The van der Waals surface area contributed by atoms with Gasteiger partial charge < -0.3 is 5.11 Å². The summed E-state index contributed by atoms with van der Waals surface area (Å²) >= 11 is 0. The van der Waals surface area contributed by atoms with E-state index in [-0.39, 0.29) is 0 Å². The zero-order chi connectivity index (χ0) is 7.49. The lowest BCUT2D eigenvalue weighted by atomic mass is 9.87. The molecule has 0 aromatic carbocycles. The van der Waals surface area contributed by atoms with E-state index in [1.165, 1.54) is 0 Å². The molecule has 1 unspecified atom stereocenters. The Morgan fingerprint density at radius 1 is 1.67 bits per heavy atom. The Kier molecular flexibility index (Phi) is 2.66. The van der Waals surface area contributed by atoms with E-state index in [0.29, 0.717) is 6.42 Å². The summed E-state index contributed by atoms with van der Waals surface area (Å²) in [6.45, 7) is 5.34. The Hall–Kier alpha value is -0.550. The van der Waals surface area contributed by atoms with E-state index < -0.39 is 11.5 Å². The molecule has 0 aliphatic heterocycles. The number of nitrogens with zero attached hydrogens (tertiary/aromatic N) is 1. The van der Waals surface area contributed by atoms with Crippen LogP contribution in [-0.4, -0.2) is 11.2 Å². The van der Waals surface area contributed by atoms with E-state index in [1.54, 1.807) is 13.8 Å². The molecule has 0 aromatic heterocycles. The van der Waals surface area contributed by atoms with Gasteiger partial charge in [-0.25, -0.2) is 0 Å². The first-order valence-corrected chi connectivity index (χ1v) is 3.14. The molecule has 0 aliphatic rings. The number of nitriles is 1. The summed E-state index contributed by atoms with van der Waals surface area (Å²) in [6, 6.07) is 2.04. The Labute approximate surface area is 56.1 Å². The third kappa shape index (κ3) is 2.03. The first kappa shape index (κ1) is 8.45. The third-order valence-electron chi connectivity index (χ3n) is 1.51. The van der Waals surface area contributed by atoms with Crippen molar-refractivity contribution in [1.82, 2.24) is 0 Å². The molecule has 0 spiro atoms. The molecule has 2 nitrogen and oxygen atoms in total. The molecule has 2 heteroatoms. The first-order valence-electron chi connectivity index (χ1n) is 3.14. The summed E-state index contributed by atoms with van der Waals surface area (Å²) in [5, 5.41) is 17.6. The van der Waals surface area contributed by atoms with Crippen LogP contribution in [0, 0.1) is 16.7 Å². The molecule has 0 heterocycles. The Morgan fingerprint density at radius 2 is 2.11 bits per heavy atom. The van der Waals surface area contributed by atoms with Crippen LogP contribution < -0.4 is 0 Å². The van der Waals surface area contributed by atoms with Crippen LogP contribution in [0.15, 0.2) is 0 Å². The molecule has 52 valence electrons. The second kappa shape index (κ2) is 2.84. The number of hydrogen-bond acceptors (Lipinski definition) is 2. The van der Waals surface area contributed by atoms with Crippen molar-refractivity contribution in [3.8, 4) is 6.07 Å². The lowest BCUT2D eigenvalue weighted by molar-refractivity contribution is 0.0831. The van der Waals surface area contributed by atoms with Crippen molar-refractivity contribution in [2.45, 2.75) is 33.3 Å². The van der Waals surface area contributed by atoms with Crippen LogP contribution in [0.4, 0.5) is 0 Å². The Balaban J connectivity index is 4.01. The minimum absolute atomic E-state index is 0.498. The molecule has 0 rings (SSSR count). The molecular weight excluding hydrogens is 114 g/mol. The van der Waals surface area contributed by atoms with Crippen LogP contribution in [0.25, 0.3) is 0 Å². The van der Waals surface area contributed by atoms with Crippen LogP contribution in [-0.2, 0) is 0 Å². The molecule has 0 radical (unpaired) electrons. The van der Waals surface area contributed by atoms with E-state index >= 15 is 0 Å². The molecular formula is C7H13NO. The van der Waals surface area contributed by atoms with Crippen LogP contribution in [0.2, 0.25) is 0 Å². The maximum absolute atomic E-state index is 9.16. The number of aliphatic hydroxyl groups is 1. The summed E-state index contributed by atoms with van der Waals surface area (Å²) in [5.74, 6) is 0. The number of rotatable bonds is 2. The van der Waals surface area contributed by atoms with Gasteiger partial charge in [-0.3, -0.25) is 0 Å². The maximum Gasteiger partial charge on any atom is 0.0776 e. The minimum atomic E-state index is -0.589. The average molecular weight is 127 g/mol. The lowest BCUT2D eigenvalue weighted by Gasteiger charge is -2.20. The lowest BCUT2D eigenvalue weighted by Crippen LogP contribution is -2.26. The van der Waals surface area contributed by atoms with E-state index in [2.05, 4.69) is 0 Å². The molecule has 0 saturated carbocycles. The fourth-order valence-electron chi connectivity index (χ4n) is 0.585. The van der Waals surface area contributed by atoms with Gasteiger partial charge in [0.05, 0.1) is 17.6 Å². The van der Waals surface area contributed by atoms with Crippen molar-refractivity contribution in [3.63, 3.8) is 0 Å². The zero-order valence-corrected chi connectivity index (χ0v) is 6.18. The molecule has 0 amide bonds. The van der Waals surface area contributed by atoms with Gasteiger partial charge in [-0.05, 0) is 20.3 Å². The third-order valence-corrected chi connectivity index (χ3v) is 1.51. The molecule has 1 atom stereocenters. The van der Waals surface area contributed by atoms with Gasteiger partial charge in [-0.15, -0.1) is 0 Å². The van der Waals surface area contributed by atoms with E-state index in [4.69, 9.17) is 10.4 Å². The number of hydrogen-bond donors (Lipinski definition) is 1. The summed E-state index contributed by atoms with van der Waals surface area (Å²) in [5.41, 5.74) is -0.589. The van der Waals surface area contributed by atoms with Gasteiger partial charge in [0.2, 0.25) is 0 Å². The van der Waals surface area contributed by atoms with Crippen LogP contribution in [0.5, 0.6) is 0 Å². The quantitative estimate of drug-likeness (QED) is 0.607. The number of aliphatic hydroxyl groups excluding tert-OH is 1. The first-order chi connectivity index (χ1) is 4.04. The van der Waals surface area contributed by atoms with Gasteiger partial charge >= 0.3 is 0 Å².